The van der Waals surface area contributed by atoms with Crippen LogP contribution in [0.3, 0.4) is 0 Å². The Morgan fingerprint density at radius 3 is 2.30 bits per heavy atom. The van der Waals surface area contributed by atoms with Gasteiger partial charge in [-0.15, -0.1) is 0 Å². The molecule has 1 fully saturated rings. The summed E-state index contributed by atoms with van der Waals surface area (Å²) >= 11 is 0. The first-order valence-corrected chi connectivity index (χ1v) is 5.36. The summed E-state index contributed by atoms with van der Waals surface area (Å²) in [7, 11) is -0.966. The molecule has 1 saturated heterocycles. The van der Waals surface area contributed by atoms with E-state index in [0.29, 0.717) is 0 Å². The van der Waals surface area contributed by atoms with Gasteiger partial charge in [0.05, 0.1) is 0 Å². The number of hydrogen-bond donors (Lipinski definition) is 0. The van der Waals surface area contributed by atoms with Crippen LogP contribution in [0.25, 0.3) is 0 Å². The lowest BCUT2D eigenvalue weighted by atomic mass is 10.4. The molecule has 0 amide bonds. The Hall–Kier alpha value is -0.0900. The maximum atomic E-state index is 11.0. The van der Waals surface area contributed by atoms with Crippen LogP contribution in [-0.4, -0.2) is 38.5 Å². The van der Waals surface area contributed by atoms with E-state index in [1.807, 2.05) is 11.9 Å². The largest absolute Gasteiger partial charge is 0.290 e. The molecule has 60 valence electrons. The summed E-state index contributed by atoms with van der Waals surface area (Å²) in [4.78, 5) is 1.90. The first-order chi connectivity index (χ1) is 4.52. The van der Waals surface area contributed by atoms with Crippen molar-refractivity contribution < 1.29 is 8.42 Å². The highest BCUT2D eigenvalue weighted by molar-refractivity contribution is 7.91. The number of nitrogens with zero attached hydrogens (tertiary/aromatic N) is 1. The van der Waals surface area contributed by atoms with E-state index in [2.05, 4.69) is 0 Å². The van der Waals surface area contributed by atoms with Crippen molar-refractivity contribution in [3.63, 3.8) is 0 Å². The first-order valence-electron chi connectivity index (χ1n) is 3.41. The molecule has 1 aliphatic rings. The zero-order chi connectivity index (χ0) is 7.78. The monoisotopic (exact) mass is 163 g/mol. The quantitative estimate of drug-likeness (QED) is 0.549. The van der Waals surface area contributed by atoms with Crippen molar-refractivity contribution in [3.05, 3.63) is 0 Å². The highest BCUT2D eigenvalue weighted by Gasteiger charge is 2.29. The fraction of sp³-hybridized carbons (Fsp3) is 1.00. The summed E-state index contributed by atoms with van der Waals surface area (Å²) in [5, 5.41) is -0.215. The van der Waals surface area contributed by atoms with Crippen LogP contribution in [-0.2, 0) is 9.84 Å². The van der Waals surface area contributed by atoms with Crippen molar-refractivity contribution in [1.29, 1.82) is 0 Å². The smallest absolute Gasteiger partial charge is 0.163 e. The molecule has 0 saturated carbocycles. The molecule has 1 rings (SSSR count). The van der Waals surface area contributed by atoms with Gasteiger partial charge in [-0.2, -0.15) is 0 Å². The molecule has 1 heterocycles. The van der Waals surface area contributed by atoms with E-state index in [-0.39, 0.29) is 5.37 Å². The van der Waals surface area contributed by atoms with Crippen LogP contribution < -0.4 is 0 Å². The van der Waals surface area contributed by atoms with Gasteiger partial charge in [0.1, 0.15) is 5.37 Å². The Morgan fingerprint density at radius 1 is 1.50 bits per heavy atom. The number of rotatable bonds is 1. The lowest BCUT2D eigenvalue weighted by molar-refractivity contribution is 0.375. The van der Waals surface area contributed by atoms with E-state index in [1.165, 1.54) is 6.26 Å². The maximum absolute atomic E-state index is 11.0. The minimum atomic E-state index is -2.83. The third-order valence-corrected chi connectivity index (χ3v) is 3.53. The zero-order valence-corrected chi connectivity index (χ0v) is 7.19. The summed E-state index contributed by atoms with van der Waals surface area (Å²) < 4.78 is 22.0. The van der Waals surface area contributed by atoms with Gasteiger partial charge in [0, 0.05) is 6.26 Å². The molecule has 0 aliphatic carbocycles. The van der Waals surface area contributed by atoms with Crippen molar-refractivity contribution in [1.82, 2.24) is 4.90 Å². The molecule has 10 heavy (non-hydrogen) atoms. The van der Waals surface area contributed by atoms with Gasteiger partial charge in [0.15, 0.2) is 9.84 Å². The predicted octanol–water partition coefficient (Wildman–Crippen LogP) is 0.0827. The average Bonchev–Trinajstić information content (AvgIpc) is 2.11. The average molecular weight is 163 g/mol. The SMILES string of the molecule is CN1CCCC1S(C)(=O)=O. The summed E-state index contributed by atoms with van der Waals surface area (Å²) in [6, 6.07) is 0. The normalized spacial score (nSPS) is 29.2. The van der Waals surface area contributed by atoms with Crippen molar-refractivity contribution in [2.24, 2.45) is 0 Å². The second-order valence-electron chi connectivity index (χ2n) is 2.91. The summed E-state index contributed by atoms with van der Waals surface area (Å²) in [5.41, 5.74) is 0. The van der Waals surface area contributed by atoms with E-state index in [0.717, 1.165) is 19.4 Å². The molecule has 4 heteroatoms. The van der Waals surface area contributed by atoms with Crippen LogP contribution in [0.2, 0.25) is 0 Å². The third kappa shape index (κ3) is 1.49. The number of likely N-dealkylation sites (tertiary alicyclic amines) is 1. The summed E-state index contributed by atoms with van der Waals surface area (Å²) in [6.45, 7) is 0.914. The van der Waals surface area contributed by atoms with Gasteiger partial charge < -0.3 is 0 Å². The minimum Gasteiger partial charge on any atom is -0.290 e. The predicted molar refractivity (Wildman–Crippen MR) is 40.5 cm³/mol. The highest BCUT2D eigenvalue weighted by Crippen LogP contribution is 2.18. The first kappa shape index (κ1) is 8.01. The Morgan fingerprint density at radius 2 is 2.10 bits per heavy atom. The Bertz CT molecular complexity index is 210. The van der Waals surface area contributed by atoms with E-state index in [9.17, 15) is 8.42 Å². The molecule has 0 spiro atoms. The van der Waals surface area contributed by atoms with Gasteiger partial charge in [-0.25, -0.2) is 8.42 Å². The molecule has 0 aromatic heterocycles. The lowest BCUT2D eigenvalue weighted by Gasteiger charge is -2.16. The standard InChI is InChI=1S/C6H13NO2S/c1-7-5-3-4-6(7)10(2,8)9/h6H,3-5H2,1-2H3. The van der Waals surface area contributed by atoms with Gasteiger partial charge in [-0.3, -0.25) is 4.90 Å². The van der Waals surface area contributed by atoms with E-state index < -0.39 is 9.84 Å². The van der Waals surface area contributed by atoms with E-state index in [4.69, 9.17) is 0 Å². The summed E-state index contributed by atoms with van der Waals surface area (Å²) in [6.07, 6.45) is 3.11. The van der Waals surface area contributed by atoms with Crippen molar-refractivity contribution in [2.45, 2.75) is 18.2 Å². The van der Waals surface area contributed by atoms with Crippen LogP contribution in [0.4, 0.5) is 0 Å². The molecule has 1 atom stereocenters. The Kier molecular flexibility index (Phi) is 2.01. The summed E-state index contributed by atoms with van der Waals surface area (Å²) in [5.74, 6) is 0. The Labute approximate surface area is 61.9 Å². The molecule has 0 bridgehead atoms. The van der Waals surface area contributed by atoms with E-state index in [1.54, 1.807) is 0 Å². The zero-order valence-electron chi connectivity index (χ0n) is 6.37. The molecule has 1 aliphatic heterocycles. The van der Waals surface area contributed by atoms with Gasteiger partial charge in [-0.05, 0) is 26.4 Å². The van der Waals surface area contributed by atoms with Crippen molar-refractivity contribution >= 4 is 9.84 Å². The van der Waals surface area contributed by atoms with E-state index >= 15 is 0 Å². The fourth-order valence-corrected chi connectivity index (χ4v) is 2.77. The topological polar surface area (TPSA) is 37.4 Å². The molecular weight excluding hydrogens is 150 g/mol. The second-order valence-corrected chi connectivity index (χ2v) is 5.11. The third-order valence-electron chi connectivity index (χ3n) is 1.95. The molecule has 0 aromatic carbocycles. The fourth-order valence-electron chi connectivity index (χ4n) is 1.42. The molecular formula is C6H13NO2S. The molecule has 1 unspecified atom stereocenters. The molecule has 0 N–H and O–H groups in total. The number of hydrogen-bond acceptors (Lipinski definition) is 3. The molecule has 0 radical (unpaired) electrons. The van der Waals surface area contributed by atoms with Crippen LogP contribution in [0.1, 0.15) is 12.8 Å². The van der Waals surface area contributed by atoms with Crippen LogP contribution in [0.5, 0.6) is 0 Å². The van der Waals surface area contributed by atoms with Gasteiger partial charge in [0.25, 0.3) is 0 Å². The maximum Gasteiger partial charge on any atom is 0.163 e. The van der Waals surface area contributed by atoms with Crippen LogP contribution in [0, 0.1) is 0 Å². The van der Waals surface area contributed by atoms with Gasteiger partial charge in [-0.1, -0.05) is 0 Å². The van der Waals surface area contributed by atoms with Crippen molar-refractivity contribution in [3.8, 4) is 0 Å². The van der Waals surface area contributed by atoms with Gasteiger partial charge >= 0.3 is 0 Å². The number of sulfone groups is 1. The second kappa shape index (κ2) is 2.51. The van der Waals surface area contributed by atoms with Crippen LogP contribution >= 0.6 is 0 Å². The molecule has 0 aromatic rings. The lowest BCUT2D eigenvalue weighted by Crippen LogP contribution is -2.31. The molecule has 3 nitrogen and oxygen atoms in total. The minimum absolute atomic E-state index is 0.215. The highest BCUT2D eigenvalue weighted by atomic mass is 32.2. The Balaban J connectivity index is 2.74. The van der Waals surface area contributed by atoms with Gasteiger partial charge in [0.2, 0.25) is 0 Å². The van der Waals surface area contributed by atoms with Crippen LogP contribution in [0.15, 0.2) is 0 Å². The van der Waals surface area contributed by atoms with Crippen molar-refractivity contribution in [2.75, 3.05) is 19.8 Å².